The van der Waals surface area contributed by atoms with Crippen molar-refractivity contribution >= 4 is 11.2 Å². The van der Waals surface area contributed by atoms with E-state index in [4.69, 9.17) is 0 Å². The molecule has 1 radical (unpaired) electrons. The molecule has 3 rings (SSSR count). The van der Waals surface area contributed by atoms with Crippen molar-refractivity contribution < 1.29 is 0 Å². The van der Waals surface area contributed by atoms with Gasteiger partial charge < -0.3 is 4.57 Å². The summed E-state index contributed by atoms with van der Waals surface area (Å²) < 4.78 is 2.03. The number of hydrogen-bond donors (Lipinski definition) is 0. The summed E-state index contributed by atoms with van der Waals surface area (Å²) in [5, 5.41) is 0. The van der Waals surface area contributed by atoms with Gasteiger partial charge in [-0.05, 0) is 5.56 Å². The lowest BCUT2D eigenvalue weighted by atomic mass is 10.2. The Hall–Kier alpha value is -2.23. The maximum atomic E-state index is 4.51. The quantitative estimate of drug-likeness (QED) is 0.701. The molecule has 89 valence electrons. The Labute approximate surface area is 105 Å². The summed E-state index contributed by atoms with van der Waals surface area (Å²) in [7, 11) is 0. The van der Waals surface area contributed by atoms with E-state index in [-0.39, 0.29) is 0 Å². The van der Waals surface area contributed by atoms with E-state index >= 15 is 0 Å². The first-order valence-electron chi connectivity index (χ1n) is 6.00. The summed E-state index contributed by atoms with van der Waals surface area (Å²) >= 11 is 0. The number of rotatable bonds is 3. The van der Waals surface area contributed by atoms with Crippen LogP contribution in [0.3, 0.4) is 0 Å². The topological polar surface area (TPSA) is 43.6 Å². The average Bonchev–Trinajstić information content (AvgIpc) is 2.82. The third kappa shape index (κ3) is 1.97. The molecule has 18 heavy (non-hydrogen) atoms. The molecule has 0 aliphatic carbocycles. The van der Waals surface area contributed by atoms with Gasteiger partial charge in [0.25, 0.3) is 0 Å². The SMILES string of the molecule is CCc1n[c]c2ncn(Cc3ccccc3)c2n1. The van der Waals surface area contributed by atoms with Crippen molar-refractivity contribution in [1.82, 2.24) is 19.5 Å². The maximum absolute atomic E-state index is 4.51. The third-order valence-corrected chi connectivity index (χ3v) is 2.85. The molecule has 0 N–H and O–H groups in total. The van der Waals surface area contributed by atoms with E-state index in [1.54, 1.807) is 6.33 Å². The summed E-state index contributed by atoms with van der Waals surface area (Å²) in [6.07, 6.45) is 5.53. The first kappa shape index (κ1) is 10.9. The first-order valence-corrected chi connectivity index (χ1v) is 6.00. The minimum Gasteiger partial charge on any atom is -0.311 e. The minimum atomic E-state index is 0.725. The molecule has 3 aromatic rings. The number of hydrogen-bond acceptors (Lipinski definition) is 3. The summed E-state index contributed by atoms with van der Waals surface area (Å²) in [5.41, 5.74) is 2.81. The van der Waals surface area contributed by atoms with Crippen LogP contribution in [-0.4, -0.2) is 19.5 Å². The predicted molar refractivity (Wildman–Crippen MR) is 69.1 cm³/mol. The predicted octanol–water partition coefficient (Wildman–Crippen LogP) is 2.24. The van der Waals surface area contributed by atoms with Gasteiger partial charge in [0.1, 0.15) is 17.5 Å². The highest BCUT2D eigenvalue weighted by Crippen LogP contribution is 2.11. The second-order valence-electron chi connectivity index (χ2n) is 4.14. The van der Waals surface area contributed by atoms with Crippen molar-refractivity contribution in [3.63, 3.8) is 0 Å². The molecule has 4 heteroatoms. The van der Waals surface area contributed by atoms with Crippen LogP contribution in [0.1, 0.15) is 18.3 Å². The monoisotopic (exact) mass is 237 g/mol. The van der Waals surface area contributed by atoms with Crippen molar-refractivity contribution in [2.24, 2.45) is 0 Å². The second kappa shape index (κ2) is 4.56. The van der Waals surface area contributed by atoms with E-state index in [9.17, 15) is 0 Å². The molecule has 0 spiro atoms. The van der Waals surface area contributed by atoms with Crippen LogP contribution in [0, 0.1) is 6.20 Å². The highest BCUT2D eigenvalue weighted by molar-refractivity contribution is 5.68. The zero-order chi connectivity index (χ0) is 12.4. The third-order valence-electron chi connectivity index (χ3n) is 2.85. The minimum absolute atomic E-state index is 0.725. The van der Waals surface area contributed by atoms with Crippen molar-refractivity contribution in [1.29, 1.82) is 0 Å². The number of imidazole rings is 1. The summed E-state index contributed by atoms with van der Waals surface area (Å²) in [6, 6.07) is 10.3. The van der Waals surface area contributed by atoms with Gasteiger partial charge in [0.15, 0.2) is 5.65 Å². The zero-order valence-electron chi connectivity index (χ0n) is 10.2. The van der Waals surface area contributed by atoms with Crippen molar-refractivity contribution in [2.75, 3.05) is 0 Å². The van der Waals surface area contributed by atoms with Gasteiger partial charge in [0.2, 0.25) is 0 Å². The molecule has 0 atom stereocenters. The van der Waals surface area contributed by atoms with E-state index in [0.29, 0.717) is 0 Å². The fourth-order valence-corrected chi connectivity index (χ4v) is 1.89. The highest BCUT2D eigenvalue weighted by Gasteiger charge is 2.06. The van der Waals surface area contributed by atoms with Gasteiger partial charge in [-0.2, -0.15) is 0 Å². The molecule has 0 aliphatic heterocycles. The Morgan fingerprint density at radius 1 is 1.22 bits per heavy atom. The lowest BCUT2D eigenvalue weighted by molar-refractivity contribution is 0.806. The second-order valence-corrected chi connectivity index (χ2v) is 4.14. The molecule has 1 aromatic carbocycles. The Morgan fingerprint density at radius 3 is 2.83 bits per heavy atom. The molecule has 2 aromatic heterocycles. The van der Waals surface area contributed by atoms with Crippen LogP contribution in [0.4, 0.5) is 0 Å². The van der Waals surface area contributed by atoms with Gasteiger partial charge in [-0.25, -0.2) is 15.0 Å². The van der Waals surface area contributed by atoms with Crippen LogP contribution in [0.5, 0.6) is 0 Å². The Kier molecular flexibility index (Phi) is 2.76. The van der Waals surface area contributed by atoms with Crippen LogP contribution >= 0.6 is 0 Å². The molecule has 2 heterocycles. The van der Waals surface area contributed by atoms with Gasteiger partial charge in [-0.3, -0.25) is 0 Å². The van der Waals surface area contributed by atoms with E-state index in [1.807, 2.05) is 29.7 Å². The van der Waals surface area contributed by atoms with E-state index < -0.39 is 0 Å². The molecule has 4 nitrogen and oxygen atoms in total. The summed E-state index contributed by atoms with van der Waals surface area (Å²) in [6.45, 7) is 2.80. The van der Waals surface area contributed by atoms with Crippen molar-refractivity contribution in [3.05, 3.63) is 54.2 Å². The van der Waals surface area contributed by atoms with Crippen molar-refractivity contribution in [2.45, 2.75) is 19.9 Å². The summed E-state index contributed by atoms with van der Waals surface area (Å²) in [5.74, 6) is 0.803. The number of nitrogens with zero attached hydrogens (tertiary/aromatic N) is 4. The number of benzene rings is 1. The number of aromatic nitrogens is 4. The lowest BCUT2D eigenvalue weighted by Crippen LogP contribution is -2.01. The Balaban J connectivity index is 2.01. The highest BCUT2D eigenvalue weighted by atomic mass is 15.1. The van der Waals surface area contributed by atoms with Crippen LogP contribution in [0.15, 0.2) is 36.7 Å². The standard InChI is InChI=1S/C14H13N4/c1-2-13-15-8-12-14(17-13)18(10-16-12)9-11-6-4-3-5-7-11/h3-7,10H,2,9H2,1H3. The average molecular weight is 237 g/mol. The molecule has 0 bridgehead atoms. The van der Waals surface area contributed by atoms with Gasteiger partial charge in [0, 0.05) is 6.42 Å². The molecule has 0 amide bonds. The normalized spacial score (nSPS) is 10.9. The number of aryl methyl sites for hydroxylation is 1. The molecular weight excluding hydrogens is 224 g/mol. The van der Waals surface area contributed by atoms with Gasteiger partial charge in [-0.15, -0.1) is 0 Å². The molecule has 0 saturated heterocycles. The lowest BCUT2D eigenvalue weighted by Gasteiger charge is -2.04. The molecular formula is C14H13N4. The van der Waals surface area contributed by atoms with E-state index in [0.717, 1.165) is 30.0 Å². The van der Waals surface area contributed by atoms with E-state index in [1.165, 1.54) is 5.56 Å². The van der Waals surface area contributed by atoms with E-state index in [2.05, 4.69) is 33.3 Å². The van der Waals surface area contributed by atoms with Crippen molar-refractivity contribution in [3.8, 4) is 0 Å². The van der Waals surface area contributed by atoms with Crippen LogP contribution in [-0.2, 0) is 13.0 Å². The zero-order valence-corrected chi connectivity index (χ0v) is 10.2. The first-order chi connectivity index (χ1) is 8.86. The molecule has 0 saturated carbocycles. The van der Waals surface area contributed by atoms with Gasteiger partial charge >= 0.3 is 0 Å². The van der Waals surface area contributed by atoms with Gasteiger partial charge in [-0.1, -0.05) is 37.3 Å². The summed E-state index contributed by atoms with van der Waals surface area (Å²) in [4.78, 5) is 12.9. The van der Waals surface area contributed by atoms with Crippen LogP contribution in [0.2, 0.25) is 0 Å². The smallest absolute Gasteiger partial charge is 0.164 e. The van der Waals surface area contributed by atoms with Gasteiger partial charge in [0.05, 0.1) is 12.9 Å². The fraction of sp³-hybridized carbons (Fsp3) is 0.214. The van der Waals surface area contributed by atoms with Crippen LogP contribution in [0.25, 0.3) is 11.2 Å². The van der Waals surface area contributed by atoms with Crippen LogP contribution < -0.4 is 0 Å². The Morgan fingerprint density at radius 2 is 2.06 bits per heavy atom. The molecule has 0 aliphatic rings. The Bertz CT molecular complexity index is 658. The number of fused-ring (bicyclic) bond motifs is 1. The largest absolute Gasteiger partial charge is 0.311 e. The fourth-order valence-electron chi connectivity index (χ4n) is 1.89. The molecule has 0 fully saturated rings. The molecule has 0 unspecified atom stereocenters. The maximum Gasteiger partial charge on any atom is 0.164 e.